The Morgan fingerprint density at radius 1 is 1.28 bits per heavy atom. The first-order valence-electron chi connectivity index (χ1n) is 9.15. The van der Waals surface area contributed by atoms with Gasteiger partial charge in [0.25, 0.3) is 0 Å². The normalized spacial score (nSPS) is 18.2. The molecule has 1 aromatic carbocycles. The molecular formula is C20H29N3O2. The van der Waals surface area contributed by atoms with Crippen molar-refractivity contribution in [2.45, 2.75) is 32.8 Å². The van der Waals surface area contributed by atoms with Crippen molar-refractivity contribution in [3.05, 3.63) is 35.5 Å². The number of para-hydroxylation sites is 1. The molecule has 1 aromatic heterocycles. The highest BCUT2D eigenvalue weighted by Crippen LogP contribution is 2.29. The fraction of sp³-hybridized carbons (Fsp3) is 0.550. The van der Waals surface area contributed by atoms with Crippen molar-refractivity contribution < 1.29 is 9.84 Å². The van der Waals surface area contributed by atoms with Crippen LogP contribution in [0.4, 0.5) is 5.69 Å². The van der Waals surface area contributed by atoms with Crippen LogP contribution in [0.5, 0.6) is 0 Å². The third-order valence-electron chi connectivity index (χ3n) is 4.87. The monoisotopic (exact) mass is 343 g/mol. The second-order valence-electron chi connectivity index (χ2n) is 7.16. The number of hydrogen-bond donors (Lipinski definition) is 2. The van der Waals surface area contributed by atoms with E-state index in [1.54, 1.807) is 0 Å². The van der Waals surface area contributed by atoms with Crippen molar-refractivity contribution in [1.82, 2.24) is 9.88 Å². The number of nitrogens with one attached hydrogen (secondary N) is 1. The molecular weight excluding hydrogens is 314 g/mol. The Hall–Kier alpha value is -1.69. The fourth-order valence-corrected chi connectivity index (χ4v) is 3.58. The van der Waals surface area contributed by atoms with Gasteiger partial charge < -0.3 is 15.2 Å². The number of rotatable bonds is 6. The van der Waals surface area contributed by atoms with Crippen LogP contribution >= 0.6 is 0 Å². The molecule has 2 aromatic rings. The lowest BCUT2D eigenvalue weighted by atomic mass is 10.0. The maximum absolute atomic E-state index is 10.9. The number of hydrogen-bond acceptors (Lipinski definition) is 5. The van der Waals surface area contributed by atoms with Crippen LogP contribution in [0, 0.1) is 6.92 Å². The number of benzene rings is 1. The summed E-state index contributed by atoms with van der Waals surface area (Å²) in [6, 6.07) is 8.19. The minimum absolute atomic E-state index is 0.505. The number of pyridine rings is 1. The minimum atomic E-state index is -0.805. The Labute approximate surface area is 150 Å². The number of anilines is 1. The zero-order chi connectivity index (χ0) is 17.9. The van der Waals surface area contributed by atoms with Gasteiger partial charge in [0.15, 0.2) is 0 Å². The molecule has 2 heterocycles. The first-order valence-corrected chi connectivity index (χ1v) is 9.15. The first-order chi connectivity index (χ1) is 12.0. The summed E-state index contributed by atoms with van der Waals surface area (Å²) in [5, 5.41) is 15.5. The zero-order valence-corrected chi connectivity index (χ0v) is 15.5. The summed E-state index contributed by atoms with van der Waals surface area (Å²) in [7, 11) is 0. The summed E-state index contributed by atoms with van der Waals surface area (Å²) >= 11 is 0. The van der Waals surface area contributed by atoms with Gasteiger partial charge in [-0.3, -0.25) is 9.88 Å². The quantitative estimate of drug-likeness (QED) is 0.844. The van der Waals surface area contributed by atoms with Gasteiger partial charge in [-0.2, -0.15) is 0 Å². The predicted molar refractivity (Wildman–Crippen MR) is 102 cm³/mol. The summed E-state index contributed by atoms with van der Waals surface area (Å²) < 4.78 is 5.39. The number of fused-ring (bicyclic) bond motifs is 1. The maximum Gasteiger partial charge on any atom is 0.0917 e. The fourth-order valence-electron chi connectivity index (χ4n) is 3.58. The van der Waals surface area contributed by atoms with Gasteiger partial charge in [0.2, 0.25) is 0 Å². The second kappa shape index (κ2) is 7.68. The average molecular weight is 343 g/mol. The molecule has 25 heavy (non-hydrogen) atoms. The number of aliphatic hydroxyl groups is 1. The molecule has 1 atom stereocenters. The van der Waals surface area contributed by atoms with Crippen LogP contribution in [0.3, 0.4) is 0 Å². The van der Waals surface area contributed by atoms with E-state index >= 15 is 0 Å². The number of aryl methyl sites for hydroxylation is 1. The number of aromatic nitrogens is 1. The van der Waals surface area contributed by atoms with Gasteiger partial charge in [0.1, 0.15) is 0 Å². The maximum atomic E-state index is 10.9. The summed E-state index contributed by atoms with van der Waals surface area (Å²) in [6.45, 7) is 10.5. The van der Waals surface area contributed by atoms with Crippen molar-refractivity contribution in [2.24, 2.45) is 0 Å². The molecule has 1 aliphatic rings. The SMILES string of the molecule is CCc1c(C)nc2ccccc2c1NCC(C)(O)CN1CCOCC1. The molecule has 5 nitrogen and oxygen atoms in total. The van der Waals surface area contributed by atoms with E-state index in [0.717, 1.165) is 55.0 Å². The number of ether oxygens (including phenoxy) is 1. The molecule has 1 saturated heterocycles. The van der Waals surface area contributed by atoms with Crippen LogP contribution in [0.25, 0.3) is 10.9 Å². The largest absolute Gasteiger partial charge is 0.387 e. The summed E-state index contributed by atoms with van der Waals surface area (Å²) in [4.78, 5) is 6.99. The van der Waals surface area contributed by atoms with Gasteiger partial charge in [0, 0.05) is 42.9 Å². The molecule has 3 rings (SSSR count). The van der Waals surface area contributed by atoms with Crippen LogP contribution in [0.15, 0.2) is 24.3 Å². The van der Waals surface area contributed by atoms with Crippen molar-refractivity contribution in [2.75, 3.05) is 44.7 Å². The van der Waals surface area contributed by atoms with Crippen molar-refractivity contribution in [3.8, 4) is 0 Å². The highest BCUT2D eigenvalue weighted by Gasteiger charge is 2.26. The summed E-state index contributed by atoms with van der Waals surface area (Å²) in [5.74, 6) is 0. The molecule has 0 spiro atoms. The highest BCUT2D eigenvalue weighted by atomic mass is 16.5. The molecule has 1 unspecified atom stereocenters. The lowest BCUT2D eigenvalue weighted by molar-refractivity contribution is -0.0163. The third kappa shape index (κ3) is 4.29. The molecule has 1 aliphatic heterocycles. The average Bonchev–Trinajstić information content (AvgIpc) is 2.60. The summed E-state index contributed by atoms with van der Waals surface area (Å²) in [5.41, 5.74) is 3.57. The second-order valence-corrected chi connectivity index (χ2v) is 7.16. The van der Waals surface area contributed by atoms with E-state index in [1.807, 2.05) is 25.1 Å². The van der Waals surface area contributed by atoms with Gasteiger partial charge in [-0.25, -0.2) is 0 Å². The predicted octanol–water partition coefficient (Wildman–Crippen LogP) is 2.60. The molecule has 0 aliphatic carbocycles. The molecule has 5 heteroatoms. The molecule has 0 bridgehead atoms. The van der Waals surface area contributed by atoms with E-state index in [-0.39, 0.29) is 0 Å². The Kier molecular flexibility index (Phi) is 5.57. The lowest BCUT2D eigenvalue weighted by Gasteiger charge is -2.34. The van der Waals surface area contributed by atoms with E-state index in [0.29, 0.717) is 13.1 Å². The number of morpholine rings is 1. The summed E-state index contributed by atoms with van der Waals surface area (Å²) in [6.07, 6.45) is 0.914. The van der Waals surface area contributed by atoms with Crippen LogP contribution in [0.2, 0.25) is 0 Å². The molecule has 0 radical (unpaired) electrons. The van der Waals surface area contributed by atoms with Crippen LogP contribution in [0.1, 0.15) is 25.1 Å². The van der Waals surface area contributed by atoms with Gasteiger partial charge in [0.05, 0.1) is 24.3 Å². The molecule has 1 fully saturated rings. The number of β-amino-alcohol motifs (C(OH)–C–C–N with tert-alkyl or cyclic N) is 1. The standard InChI is InChI=1S/C20H29N3O2/c1-4-16-15(2)22-18-8-6-5-7-17(18)19(16)21-13-20(3,24)14-23-9-11-25-12-10-23/h5-8,24H,4,9-14H2,1-3H3,(H,21,22). The van der Waals surface area contributed by atoms with Gasteiger partial charge in [-0.05, 0) is 31.9 Å². The Bertz CT molecular complexity index is 724. The van der Waals surface area contributed by atoms with E-state index < -0.39 is 5.60 Å². The molecule has 0 amide bonds. The van der Waals surface area contributed by atoms with Crippen LogP contribution in [-0.2, 0) is 11.2 Å². The zero-order valence-electron chi connectivity index (χ0n) is 15.5. The lowest BCUT2D eigenvalue weighted by Crippen LogP contribution is -2.49. The van der Waals surface area contributed by atoms with Gasteiger partial charge in [-0.15, -0.1) is 0 Å². The van der Waals surface area contributed by atoms with E-state index in [2.05, 4.69) is 30.1 Å². The Morgan fingerprint density at radius 2 is 2.00 bits per heavy atom. The number of nitrogens with zero attached hydrogens (tertiary/aromatic N) is 2. The molecule has 0 saturated carbocycles. The van der Waals surface area contributed by atoms with Crippen molar-refractivity contribution >= 4 is 16.6 Å². The first kappa shape index (κ1) is 18.1. The van der Waals surface area contributed by atoms with Crippen LogP contribution in [-0.4, -0.2) is 60.0 Å². The molecule has 2 N–H and O–H groups in total. The van der Waals surface area contributed by atoms with Crippen molar-refractivity contribution in [1.29, 1.82) is 0 Å². The topological polar surface area (TPSA) is 57.6 Å². The Balaban J connectivity index is 1.79. The van der Waals surface area contributed by atoms with E-state index in [4.69, 9.17) is 9.72 Å². The van der Waals surface area contributed by atoms with Crippen molar-refractivity contribution in [3.63, 3.8) is 0 Å². The van der Waals surface area contributed by atoms with Gasteiger partial charge >= 0.3 is 0 Å². The van der Waals surface area contributed by atoms with E-state index in [9.17, 15) is 5.11 Å². The third-order valence-corrected chi connectivity index (χ3v) is 4.87. The molecule has 136 valence electrons. The van der Waals surface area contributed by atoms with E-state index in [1.165, 1.54) is 5.56 Å². The van der Waals surface area contributed by atoms with Gasteiger partial charge in [-0.1, -0.05) is 25.1 Å². The minimum Gasteiger partial charge on any atom is -0.387 e. The van der Waals surface area contributed by atoms with Crippen LogP contribution < -0.4 is 5.32 Å². The Morgan fingerprint density at radius 3 is 2.72 bits per heavy atom. The smallest absolute Gasteiger partial charge is 0.0917 e. The highest BCUT2D eigenvalue weighted by molar-refractivity contribution is 5.93.